The topological polar surface area (TPSA) is 35.6 Å². The number of nitrogens with zero attached hydrogens (tertiary/aromatic N) is 2. The van der Waals surface area contributed by atoms with E-state index in [1.807, 2.05) is 18.7 Å². The van der Waals surface area contributed by atoms with E-state index >= 15 is 0 Å². The van der Waals surface area contributed by atoms with Crippen LogP contribution in [0, 0.1) is 12.3 Å². The minimum Gasteiger partial charge on any atom is -0.331 e. The summed E-state index contributed by atoms with van der Waals surface area (Å²) in [4.78, 5) is 15.3. The van der Waals surface area contributed by atoms with Crippen LogP contribution in [-0.4, -0.2) is 54.6 Å². The maximum absolute atomic E-state index is 11.7. The fraction of sp³-hybridized carbons (Fsp3) is 0.769. The summed E-state index contributed by atoms with van der Waals surface area (Å²) in [6.07, 6.45) is 7.38. The molecule has 17 heavy (non-hydrogen) atoms. The molecule has 2 amide bonds. The van der Waals surface area contributed by atoms with E-state index in [0.717, 1.165) is 25.9 Å². The number of urea groups is 1. The number of carbonyl (C=O) groups excluding carboxylic acids is 1. The lowest BCUT2D eigenvalue weighted by Crippen LogP contribution is -2.52. The molecule has 1 saturated heterocycles. The van der Waals surface area contributed by atoms with Crippen molar-refractivity contribution in [2.75, 3.05) is 27.2 Å². The zero-order valence-electron chi connectivity index (χ0n) is 11.3. The second-order valence-electron chi connectivity index (χ2n) is 5.35. The largest absolute Gasteiger partial charge is 0.331 e. The Bertz CT molecular complexity index is 309. The molecule has 4 nitrogen and oxygen atoms in total. The molecule has 1 N–H and O–H groups in total. The predicted molar refractivity (Wildman–Crippen MR) is 69.7 cm³/mol. The molecule has 1 aliphatic heterocycles. The van der Waals surface area contributed by atoms with Crippen molar-refractivity contribution in [2.24, 2.45) is 0 Å². The molecule has 0 aliphatic carbocycles. The third kappa shape index (κ3) is 3.94. The summed E-state index contributed by atoms with van der Waals surface area (Å²) in [7, 11) is 3.57. The second-order valence-corrected chi connectivity index (χ2v) is 5.35. The Hall–Kier alpha value is -1.21. The maximum Gasteiger partial charge on any atom is 0.319 e. The molecule has 0 aromatic carbocycles. The van der Waals surface area contributed by atoms with Crippen LogP contribution in [0.5, 0.6) is 0 Å². The quantitative estimate of drug-likeness (QED) is 0.731. The van der Waals surface area contributed by atoms with Crippen LogP contribution in [0.25, 0.3) is 0 Å². The first-order valence-electron chi connectivity index (χ1n) is 6.07. The highest BCUT2D eigenvalue weighted by atomic mass is 16.2. The van der Waals surface area contributed by atoms with Gasteiger partial charge in [0.05, 0.1) is 5.54 Å². The molecule has 0 spiro atoms. The number of likely N-dealkylation sites (tertiary alicyclic amines) is 1. The van der Waals surface area contributed by atoms with Crippen molar-refractivity contribution in [2.45, 2.75) is 38.3 Å². The van der Waals surface area contributed by atoms with E-state index in [9.17, 15) is 4.79 Å². The van der Waals surface area contributed by atoms with Gasteiger partial charge in [-0.25, -0.2) is 4.79 Å². The molecular formula is C13H23N3O. The lowest BCUT2D eigenvalue weighted by atomic mass is 9.99. The molecule has 0 atom stereocenters. The fourth-order valence-electron chi connectivity index (χ4n) is 2.05. The maximum atomic E-state index is 11.7. The van der Waals surface area contributed by atoms with Gasteiger partial charge >= 0.3 is 6.03 Å². The third-order valence-corrected chi connectivity index (χ3v) is 3.07. The van der Waals surface area contributed by atoms with E-state index in [1.54, 1.807) is 19.0 Å². The first-order chi connectivity index (χ1) is 7.85. The summed E-state index contributed by atoms with van der Waals surface area (Å²) in [6.45, 7) is 5.61. The van der Waals surface area contributed by atoms with Gasteiger partial charge in [0.2, 0.25) is 0 Å². The van der Waals surface area contributed by atoms with Crippen LogP contribution in [-0.2, 0) is 0 Å². The highest BCUT2D eigenvalue weighted by Crippen LogP contribution is 2.14. The van der Waals surface area contributed by atoms with Crippen molar-refractivity contribution in [3.63, 3.8) is 0 Å². The Morgan fingerprint density at radius 3 is 2.35 bits per heavy atom. The Morgan fingerprint density at radius 1 is 1.41 bits per heavy atom. The van der Waals surface area contributed by atoms with Crippen molar-refractivity contribution in [3.05, 3.63) is 0 Å². The summed E-state index contributed by atoms with van der Waals surface area (Å²) in [5.74, 6) is 2.74. The van der Waals surface area contributed by atoms with Gasteiger partial charge in [0.1, 0.15) is 0 Å². The first-order valence-corrected chi connectivity index (χ1v) is 6.07. The molecule has 1 heterocycles. The predicted octanol–water partition coefficient (Wildman–Crippen LogP) is 1.13. The van der Waals surface area contributed by atoms with E-state index in [4.69, 9.17) is 6.42 Å². The number of piperidine rings is 1. The van der Waals surface area contributed by atoms with Gasteiger partial charge in [-0.2, -0.15) is 0 Å². The molecule has 96 valence electrons. The molecule has 4 heteroatoms. The Balaban J connectivity index is 2.42. The van der Waals surface area contributed by atoms with Crippen LogP contribution < -0.4 is 5.32 Å². The number of hydrogen-bond donors (Lipinski definition) is 1. The average Bonchev–Trinajstić information content (AvgIpc) is 2.28. The number of amides is 2. The van der Waals surface area contributed by atoms with Gasteiger partial charge in [0.15, 0.2) is 0 Å². The molecule has 0 radical (unpaired) electrons. The van der Waals surface area contributed by atoms with Crippen LogP contribution in [0.15, 0.2) is 0 Å². The van der Waals surface area contributed by atoms with Gasteiger partial charge in [-0.05, 0) is 26.7 Å². The highest BCUT2D eigenvalue weighted by Gasteiger charge is 2.26. The monoisotopic (exact) mass is 237 g/mol. The van der Waals surface area contributed by atoms with E-state index in [0.29, 0.717) is 6.04 Å². The van der Waals surface area contributed by atoms with Gasteiger partial charge in [-0.3, -0.25) is 5.32 Å². The summed E-state index contributed by atoms with van der Waals surface area (Å²) in [5.41, 5.74) is -0.265. The first kappa shape index (κ1) is 13.9. The Labute approximate surface area is 104 Å². The van der Waals surface area contributed by atoms with Crippen molar-refractivity contribution < 1.29 is 4.79 Å². The summed E-state index contributed by atoms with van der Waals surface area (Å²) >= 11 is 0. The SMILES string of the molecule is C#CC(C)(C)NC1CCN(C(=O)N(C)C)CC1. The van der Waals surface area contributed by atoms with E-state index in [2.05, 4.69) is 11.2 Å². The van der Waals surface area contributed by atoms with Crippen LogP contribution in [0.2, 0.25) is 0 Å². The van der Waals surface area contributed by atoms with Gasteiger partial charge < -0.3 is 9.80 Å². The molecular weight excluding hydrogens is 214 g/mol. The van der Waals surface area contributed by atoms with Gasteiger partial charge in [0, 0.05) is 33.2 Å². The molecule has 0 aromatic heterocycles. The molecule has 1 rings (SSSR count). The molecule has 0 aromatic rings. The molecule has 1 fully saturated rings. The van der Waals surface area contributed by atoms with E-state index in [-0.39, 0.29) is 11.6 Å². The van der Waals surface area contributed by atoms with Crippen molar-refractivity contribution in [1.82, 2.24) is 15.1 Å². The van der Waals surface area contributed by atoms with Gasteiger partial charge in [-0.1, -0.05) is 5.92 Å². The second kappa shape index (κ2) is 5.42. The standard InChI is InChI=1S/C13H23N3O/c1-6-13(2,3)14-11-7-9-16(10-8-11)12(17)15(4)5/h1,11,14H,7-10H2,2-5H3. The lowest BCUT2D eigenvalue weighted by Gasteiger charge is -2.36. The minimum absolute atomic E-state index is 0.0969. The van der Waals surface area contributed by atoms with Gasteiger partial charge in [-0.15, -0.1) is 6.42 Å². The van der Waals surface area contributed by atoms with Gasteiger partial charge in [0.25, 0.3) is 0 Å². The van der Waals surface area contributed by atoms with E-state index in [1.165, 1.54) is 0 Å². The zero-order valence-corrected chi connectivity index (χ0v) is 11.3. The van der Waals surface area contributed by atoms with E-state index < -0.39 is 0 Å². The number of carbonyl (C=O) groups is 1. The number of rotatable bonds is 2. The summed E-state index contributed by atoms with van der Waals surface area (Å²) < 4.78 is 0. The smallest absolute Gasteiger partial charge is 0.319 e. The minimum atomic E-state index is -0.265. The number of nitrogens with one attached hydrogen (secondary N) is 1. The van der Waals surface area contributed by atoms with Crippen LogP contribution in [0.1, 0.15) is 26.7 Å². The van der Waals surface area contributed by atoms with Crippen LogP contribution in [0.4, 0.5) is 4.79 Å². The van der Waals surface area contributed by atoms with Crippen LogP contribution in [0.3, 0.4) is 0 Å². The molecule has 0 saturated carbocycles. The fourth-order valence-corrected chi connectivity index (χ4v) is 2.05. The summed E-state index contributed by atoms with van der Waals surface area (Å²) in [5, 5.41) is 3.45. The molecule has 0 bridgehead atoms. The number of terminal acetylenes is 1. The third-order valence-electron chi connectivity index (χ3n) is 3.07. The van der Waals surface area contributed by atoms with Crippen molar-refractivity contribution >= 4 is 6.03 Å². The van der Waals surface area contributed by atoms with Crippen molar-refractivity contribution in [1.29, 1.82) is 0 Å². The number of hydrogen-bond acceptors (Lipinski definition) is 2. The highest BCUT2D eigenvalue weighted by molar-refractivity contribution is 5.73. The lowest BCUT2D eigenvalue weighted by molar-refractivity contribution is 0.149. The van der Waals surface area contributed by atoms with Crippen LogP contribution >= 0.6 is 0 Å². The molecule has 1 aliphatic rings. The Morgan fingerprint density at radius 2 is 1.94 bits per heavy atom. The summed E-state index contributed by atoms with van der Waals surface area (Å²) in [6, 6.07) is 0.506. The molecule has 0 unspecified atom stereocenters. The van der Waals surface area contributed by atoms with Crippen molar-refractivity contribution in [3.8, 4) is 12.3 Å². The average molecular weight is 237 g/mol. The normalized spacial score (nSPS) is 17.7. The Kier molecular flexibility index (Phi) is 4.41. The zero-order chi connectivity index (χ0) is 13.1.